The second-order valence-electron chi connectivity index (χ2n) is 7.16. The maximum absolute atomic E-state index is 5.34. The van der Waals surface area contributed by atoms with Crippen molar-refractivity contribution in [3.63, 3.8) is 0 Å². The van der Waals surface area contributed by atoms with Crippen LogP contribution in [-0.2, 0) is 9.47 Å². The Morgan fingerprint density at radius 2 is 1.06 bits per heavy atom. The standard InChI is InChI=1S/C14H26N2O2/c1-13(9-17-10-13)7-15-3-5-16(6-4-15)8-14(2)11-18-12-14/h3-12H2,1-2H3. The van der Waals surface area contributed by atoms with E-state index < -0.39 is 0 Å². The summed E-state index contributed by atoms with van der Waals surface area (Å²) in [4.78, 5) is 5.22. The van der Waals surface area contributed by atoms with Crippen molar-refractivity contribution in [2.75, 3.05) is 65.7 Å². The molecule has 0 amide bonds. The number of ether oxygens (including phenoxy) is 2. The van der Waals surface area contributed by atoms with E-state index in [1.54, 1.807) is 0 Å². The third-order valence-electron chi connectivity index (χ3n) is 4.48. The smallest absolute Gasteiger partial charge is 0.0554 e. The van der Waals surface area contributed by atoms with Crippen LogP contribution >= 0.6 is 0 Å². The van der Waals surface area contributed by atoms with E-state index in [2.05, 4.69) is 23.6 Å². The topological polar surface area (TPSA) is 24.9 Å². The Bertz CT molecular complexity index is 262. The van der Waals surface area contributed by atoms with E-state index in [0.29, 0.717) is 10.8 Å². The van der Waals surface area contributed by atoms with Crippen LogP contribution in [0.25, 0.3) is 0 Å². The van der Waals surface area contributed by atoms with Gasteiger partial charge in [-0.15, -0.1) is 0 Å². The van der Waals surface area contributed by atoms with Crippen LogP contribution in [0.4, 0.5) is 0 Å². The molecule has 3 fully saturated rings. The first-order valence-electron chi connectivity index (χ1n) is 7.17. The molecule has 3 aliphatic rings. The molecule has 4 nitrogen and oxygen atoms in total. The lowest BCUT2D eigenvalue weighted by Crippen LogP contribution is -2.57. The van der Waals surface area contributed by atoms with Gasteiger partial charge in [0.1, 0.15) is 0 Å². The monoisotopic (exact) mass is 254 g/mol. The molecule has 0 unspecified atom stereocenters. The zero-order valence-corrected chi connectivity index (χ0v) is 11.8. The van der Waals surface area contributed by atoms with Gasteiger partial charge in [0.15, 0.2) is 0 Å². The molecule has 3 saturated heterocycles. The summed E-state index contributed by atoms with van der Waals surface area (Å²) < 4.78 is 10.7. The Balaban J connectivity index is 1.40. The molecule has 0 bridgehead atoms. The first kappa shape index (κ1) is 12.9. The van der Waals surface area contributed by atoms with Gasteiger partial charge in [-0.2, -0.15) is 0 Å². The van der Waals surface area contributed by atoms with Gasteiger partial charge in [0.2, 0.25) is 0 Å². The predicted octanol–water partition coefficient (Wildman–Crippen LogP) is 0.677. The minimum atomic E-state index is 0.427. The minimum absolute atomic E-state index is 0.427. The van der Waals surface area contributed by atoms with Gasteiger partial charge in [0, 0.05) is 50.1 Å². The van der Waals surface area contributed by atoms with Gasteiger partial charge in [0.05, 0.1) is 26.4 Å². The summed E-state index contributed by atoms with van der Waals surface area (Å²) in [5.74, 6) is 0. The Morgan fingerprint density at radius 3 is 1.28 bits per heavy atom. The molecule has 0 N–H and O–H groups in total. The van der Waals surface area contributed by atoms with Crippen LogP contribution in [-0.4, -0.2) is 75.5 Å². The van der Waals surface area contributed by atoms with E-state index in [0.717, 1.165) is 26.4 Å². The molecule has 3 heterocycles. The summed E-state index contributed by atoms with van der Waals surface area (Å²) in [5.41, 5.74) is 0.853. The van der Waals surface area contributed by atoms with Crippen molar-refractivity contribution in [3.05, 3.63) is 0 Å². The highest BCUT2D eigenvalue weighted by atomic mass is 16.5. The lowest BCUT2D eigenvalue weighted by atomic mass is 9.87. The second-order valence-corrected chi connectivity index (χ2v) is 7.16. The third-order valence-corrected chi connectivity index (χ3v) is 4.48. The summed E-state index contributed by atoms with van der Waals surface area (Å²) in [5, 5.41) is 0. The van der Waals surface area contributed by atoms with Gasteiger partial charge < -0.3 is 19.3 Å². The molecule has 104 valence electrons. The van der Waals surface area contributed by atoms with Gasteiger partial charge in [-0.3, -0.25) is 0 Å². The fourth-order valence-corrected chi connectivity index (χ4v) is 3.27. The summed E-state index contributed by atoms with van der Waals surface area (Å²) >= 11 is 0. The van der Waals surface area contributed by atoms with E-state index in [9.17, 15) is 0 Å². The van der Waals surface area contributed by atoms with Crippen molar-refractivity contribution in [2.45, 2.75) is 13.8 Å². The molecular formula is C14H26N2O2. The number of hydrogen-bond donors (Lipinski definition) is 0. The summed E-state index contributed by atoms with van der Waals surface area (Å²) in [6.07, 6.45) is 0. The highest BCUT2D eigenvalue weighted by Gasteiger charge is 2.38. The fourth-order valence-electron chi connectivity index (χ4n) is 3.27. The molecule has 0 aliphatic carbocycles. The van der Waals surface area contributed by atoms with Gasteiger partial charge in [-0.1, -0.05) is 13.8 Å². The van der Waals surface area contributed by atoms with E-state index in [1.165, 1.54) is 39.3 Å². The largest absolute Gasteiger partial charge is 0.380 e. The van der Waals surface area contributed by atoms with Crippen molar-refractivity contribution in [2.24, 2.45) is 10.8 Å². The SMILES string of the molecule is CC1(CN2CCN(CC3(C)COC3)CC2)COC1. The van der Waals surface area contributed by atoms with E-state index in [4.69, 9.17) is 9.47 Å². The summed E-state index contributed by atoms with van der Waals surface area (Å²) in [6, 6.07) is 0. The van der Waals surface area contributed by atoms with E-state index in [-0.39, 0.29) is 0 Å². The summed E-state index contributed by atoms with van der Waals surface area (Å²) in [6.45, 7) is 15.8. The van der Waals surface area contributed by atoms with Crippen molar-refractivity contribution in [1.29, 1.82) is 0 Å². The maximum atomic E-state index is 5.34. The molecule has 0 aromatic heterocycles. The molecule has 0 radical (unpaired) electrons. The number of piperazine rings is 1. The minimum Gasteiger partial charge on any atom is -0.380 e. The molecule has 0 aromatic rings. The van der Waals surface area contributed by atoms with Crippen LogP contribution in [0.5, 0.6) is 0 Å². The fraction of sp³-hybridized carbons (Fsp3) is 1.00. The zero-order chi connectivity index (χ0) is 12.6. The van der Waals surface area contributed by atoms with Gasteiger partial charge in [-0.25, -0.2) is 0 Å². The van der Waals surface area contributed by atoms with Crippen LogP contribution in [0.2, 0.25) is 0 Å². The molecule has 4 heteroatoms. The van der Waals surface area contributed by atoms with E-state index in [1.807, 2.05) is 0 Å². The average Bonchev–Trinajstić information content (AvgIpc) is 2.28. The Hall–Kier alpha value is -0.160. The van der Waals surface area contributed by atoms with Crippen molar-refractivity contribution in [1.82, 2.24) is 9.80 Å². The molecule has 3 aliphatic heterocycles. The molecular weight excluding hydrogens is 228 g/mol. The Labute approximate surface area is 110 Å². The lowest BCUT2D eigenvalue weighted by molar-refractivity contribution is -0.128. The van der Waals surface area contributed by atoms with Gasteiger partial charge in [0.25, 0.3) is 0 Å². The highest BCUT2D eigenvalue weighted by Crippen LogP contribution is 2.30. The van der Waals surface area contributed by atoms with Gasteiger partial charge >= 0.3 is 0 Å². The first-order valence-corrected chi connectivity index (χ1v) is 7.17. The number of nitrogens with zero attached hydrogens (tertiary/aromatic N) is 2. The molecule has 0 aromatic carbocycles. The van der Waals surface area contributed by atoms with Crippen LogP contribution in [0.3, 0.4) is 0 Å². The zero-order valence-electron chi connectivity index (χ0n) is 11.8. The molecule has 18 heavy (non-hydrogen) atoms. The van der Waals surface area contributed by atoms with Crippen molar-refractivity contribution >= 4 is 0 Å². The molecule has 0 atom stereocenters. The van der Waals surface area contributed by atoms with Gasteiger partial charge in [-0.05, 0) is 0 Å². The number of rotatable bonds is 4. The Kier molecular flexibility index (Phi) is 3.39. The lowest BCUT2D eigenvalue weighted by Gasteiger charge is -2.47. The third kappa shape index (κ3) is 2.72. The highest BCUT2D eigenvalue weighted by molar-refractivity contribution is 4.89. The van der Waals surface area contributed by atoms with Crippen LogP contribution in [0, 0.1) is 10.8 Å². The quantitative estimate of drug-likeness (QED) is 0.736. The van der Waals surface area contributed by atoms with Crippen molar-refractivity contribution in [3.8, 4) is 0 Å². The van der Waals surface area contributed by atoms with Crippen LogP contribution in [0.1, 0.15) is 13.8 Å². The molecule has 0 saturated carbocycles. The van der Waals surface area contributed by atoms with E-state index >= 15 is 0 Å². The predicted molar refractivity (Wildman–Crippen MR) is 70.7 cm³/mol. The van der Waals surface area contributed by atoms with Crippen LogP contribution in [0.15, 0.2) is 0 Å². The average molecular weight is 254 g/mol. The Morgan fingerprint density at radius 1 is 0.722 bits per heavy atom. The summed E-state index contributed by atoms with van der Waals surface area (Å²) in [7, 11) is 0. The number of hydrogen-bond acceptors (Lipinski definition) is 4. The van der Waals surface area contributed by atoms with Crippen molar-refractivity contribution < 1.29 is 9.47 Å². The molecule has 0 spiro atoms. The van der Waals surface area contributed by atoms with Crippen LogP contribution < -0.4 is 0 Å². The normalized spacial score (nSPS) is 31.7. The molecule has 3 rings (SSSR count). The maximum Gasteiger partial charge on any atom is 0.0554 e. The second kappa shape index (κ2) is 4.75. The first-order chi connectivity index (χ1) is 8.57.